The van der Waals surface area contributed by atoms with Crippen molar-refractivity contribution in [1.82, 2.24) is 20.0 Å². The van der Waals surface area contributed by atoms with E-state index < -0.39 is 0 Å². The average Bonchev–Trinajstić information content (AvgIpc) is 2.77. The van der Waals surface area contributed by atoms with E-state index in [2.05, 4.69) is 15.3 Å². The zero-order valence-corrected chi connectivity index (χ0v) is 8.96. The minimum absolute atomic E-state index is 0.700. The molecule has 2 rings (SSSR count). The third-order valence-corrected chi connectivity index (χ3v) is 3.38. The molecule has 0 aliphatic heterocycles. The lowest BCUT2D eigenvalue weighted by Gasteiger charge is -1.97. The SMILES string of the molecule is Nc1cnn(CCSc2nncs2)c1. The molecule has 2 aromatic heterocycles. The highest BCUT2D eigenvalue weighted by atomic mass is 32.2. The molecule has 7 heteroatoms. The van der Waals surface area contributed by atoms with Crippen LogP contribution in [0.25, 0.3) is 0 Å². The van der Waals surface area contributed by atoms with Gasteiger partial charge < -0.3 is 5.73 Å². The number of anilines is 1. The minimum atomic E-state index is 0.700. The Balaban J connectivity index is 1.78. The van der Waals surface area contributed by atoms with E-state index in [4.69, 9.17) is 5.73 Å². The predicted molar refractivity (Wildman–Crippen MR) is 57.3 cm³/mol. The molecule has 2 N–H and O–H groups in total. The summed E-state index contributed by atoms with van der Waals surface area (Å²) in [5.41, 5.74) is 7.96. The van der Waals surface area contributed by atoms with Crippen LogP contribution < -0.4 is 5.73 Å². The smallest absolute Gasteiger partial charge is 0.174 e. The normalized spacial score (nSPS) is 10.6. The molecule has 2 heterocycles. The average molecular weight is 227 g/mol. The van der Waals surface area contributed by atoms with Gasteiger partial charge >= 0.3 is 0 Å². The van der Waals surface area contributed by atoms with Crippen LogP contribution in [0.3, 0.4) is 0 Å². The van der Waals surface area contributed by atoms with E-state index in [0.717, 1.165) is 16.6 Å². The summed E-state index contributed by atoms with van der Waals surface area (Å²) in [6.45, 7) is 0.835. The molecule has 0 aliphatic carbocycles. The molecule has 0 aromatic carbocycles. The fraction of sp³-hybridized carbons (Fsp3) is 0.286. The van der Waals surface area contributed by atoms with E-state index in [1.165, 1.54) is 0 Å². The van der Waals surface area contributed by atoms with Gasteiger partial charge in [-0.25, -0.2) is 0 Å². The molecule has 0 saturated carbocycles. The first-order chi connectivity index (χ1) is 6.84. The van der Waals surface area contributed by atoms with Crippen molar-refractivity contribution in [1.29, 1.82) is 0 Å². The van der Waals surface area contributed by atoms with Crippen LogP contribution >= 0.6 is 23.1 Å². The molecule has 0 bridgehead atoms. The van der Waals surface area contributed by atoms with Gasteiger partial charge in [-0.05, 0) is 0 Å². The van der Waals surface area contributed by atoms with Gasteiger partial charge in [0.05, 0.1) is 18.4 Å². The van der Waals surface area contributed by atoms with E-state index in [9.17, 15) is 0 Å². The summed E-state index contributed by atoms with van der Waals surface area (Å²) in [7, 11) is 0. The fourth-order valence-electron chi connectivity index (χ4n) is 0.954. The first kappa shape index (κ1) is 9.47. The Kier molecular flexibility index (Phi) is 3.00. The van der Waals surface area contributed by atoms with Gasteiger partial charge in [-0.1, -0.05) is 23.1 Å². The molecule has 2 aromatic rings. The highest BCUT2D eigenvalue weighted by molar-refractivity contribution is 8.00. The van der Waals surface area contributed by atoms with Crippen molar-refractivity contribution in [3.05, 3.63) is 17.9 Å². The molecular formula is C7H9N5S2. The molecule has 0 saturated heterocycles. The van der Waals surface area contributed by atoms with Crippen molar-refractivity contribution in [3.8, 4) is 0 Å². The Bertz CT molecular complexity index is 382. The third kappa shape index (κ3) is 2.46. The van der Waals surface area contributed by atoms with Crippen LogP contribution in [0.5, 0.6) is 0 Å². The number of hydrogen-bond acceptors (Lipinski definition) is 6. The summed E-state index contributed by atoms with van der Waals surface area (Å²) < 4.78 is 2.81. The number of nitrogen functional groups attached to an aromatic ring is 1. The molecule has 0 atom stereocenters. The van der Waals surface area contributed by atoms with Gasteiger partial charge in [0.25, 0.3) is 0 Å². The summed E-state index contributed by atoms with van der Waals surface area (Å²) >= 11 is 3.22. The van der Waals surface area contributed by atoms with Crippen LogP contribution in [0.2, 0.25) is 0 Å². The second-order valence-electron chi connectivity index (χ2n) is 2.59. The molecule has 74 valence electrons. The second-order valence-corrected chi connectivity index (χ2v) is 4.77. The van der Waals surface area contributed by atoms with E-state index in [1.54, 1.807) is 34.8 Å². The summed E-state index contributed by atoms with van der Waals surface area (Å²) in [5, 5.41) is 11.8. The Morgan fingerprint density at radius 3 is 3.14 bits per heavy atom. The molecule has 0 radical (unpaired) electrons. The molecule has 0 aliphatic rings. The first-order valence-electron chi connectivity index (χ1n) is 4.01. The number of aromatic nitrogens is 4. The zero-order valence-electron chi connectivity index (χ0n) is 7.33. The third-order valence-electron chi connectivity index (χ3n) is 1.54. The van der Waals surface area contributed by atoms with Crippen molar-refractivity contribution in [2.24, 2.45) is 0 Å². The minimum Gasteiger partial charge on any atom is -0.396 e. The van der Waals surface area contributed by atoms with Crippen LogP contribution in [0, 0.1) is 0 Å². The van der Waals surface area contributed by atoms with Gasteiger partial charge in [0.15, 0.2) is 4.34 Å². The summed E-state index contributed by atoms with van der Waals surface area (Å²) in [6, 6.07) is 0. The van der Waals surface area contributed by atoms with Crippen molar-refractivity contribution in [2.75, 3.05) is 11.5 Å². The van der Waals surface area contributed by atoms with Crippen molar-refractivity contribution in [3.63, 3.8) is 0 Å². The second kappa shape index (κ2) is 4.43. The van der Waals surface area contributed by atoms with E-state index in [-0.39, 0.29) is 0 Å². The largest absolute Gasteiger partial charge is 0.396 e. The molecule has 0 unspecified atom stereocenters. The van der Waals surface area contributed by atoms with Crippen molar-refractivity contribution < 1.29 is 0 Å². The monoisotopic (exact) mass is 227 g/mol. The first-order valence-corrected chi connectivity index (χ1v) is 5.88. The van der Waals surface area contributed by atoms with Crippen molar-refractivity contribution in [2.45, 2.75) is 10.9 Å². The maximum Gasteiger partial charge on any atom is 0.174 e. The van der Waals surface area contributed by atoms with Crippen LogP contribution in [0.1, 0.15) is 0 Å². The van der Waals surface area contributed by atoms with Gasteiger partial charge in [0.2, 0.25) is 0 Å². The number of nitrogens with two attached hydrogens (primary N) is 1. The molecule has 0 amide bonds. The summed E-state index contributed by atoms with van der Waals surface area (Å²) in [5.74, 6) is 0.927. The topological polar surface area (TPSA) is 69.6 Å². The zero-order chi connectivity index (χ0) is 9.80. The van der Waals surface area contributed by atoms with E-state index in [0.29, 0.717) is 5.69 Å². The van der Waals surface area contributed by atoms with Gasteiger partial charge in [-0.3, -0.25) is 4.68 Å². The highest BCUT2D eigenvalue weighted by Crippen LogP contribution is 2.18. The maximum absolute atomic E-state index is 5.53. The number of rotatable bonds is 4. The lowest BCUT2D eigenvalue weighted by atomic mass is 10.6. The lowest BCUT2D eigenvalue weighted by molar-refractivity contribution is 0.666. The Hall–Kier alpha value is -1.08. The number of aryl methyl sites for hydroxylation is 1. The Morgan fingerprint density at radius 2 is 2.50 bits per heavy atom. The van der Waals surface area contributed by atoms with Gasteiger partial charge in [-0.15, -0.1) is 10.2 Å². The Morgan fingerprint density at radius 1 is 1.57 bits per heavy atom. The van der Waals surface area contributed by atoms with Gasteiger partial charge in [-0.2, -0.15) is 5.10 Å². The predicted octanol–water partition coefficient (Wildman–Crippen LogP) is 1.11. The van der Waals surface area contributed by atoms with E-state index in [1.807, 2.05) is 10.9 Å². The maximum atomic E-state index is 5.53. The fourth-order valence-corrected chi connectivity index (χ4v) is 2.44. The number of nitrogens with zero attached hydrogens (tertiary/aromatic N) is 4. The highest BCUT2D eigenvalue weighted by Gasteiger charge is 1.98. The quantitative estimate of drug-likeness (QED) is 0.792. The summed E-state index contributed by atoms with van der Waals surface area (Å²) in [4.78, 5) is 0. The Labute approximate surface area is 89.3 Å². The molecular weight excluding hydrogens is 218 g/mol. The standard InChI is InChI=1S/C7H9N5S2/c8-6-3-10-12(4-6)1-2-13-7-11-9-5-14-7/h3-5H,1-2,8H2. The molecule has 5 nitrogen and oxygen atoms in total. The van der Waals surface area contributed by atoms with Gasteiger partial charge in [0.1, 0.15) is 5.51 Å². The van der Waals surface area contributed by atoms with Gasteiger partial charge in [0, 0.05) is 11.9 Å². The summed E-state index contributed by atoms with van der Waals surface area (Å²) in [6.07, 6.45) is 3.47. The van der Waals surface area contributed by atoms with Crippen LogP contribution in [0.4, 0.5) is 5.69 Å². The van der Waals surface area contributed by atoms with E-state index >= 15 is 0 Å². The number of thioether (sulfide) groups is 1. The van der Waals surface area contributed by atoms with Crippen LogP contribution in [0.15, 0.2) is 22.2 Å². The van der Waals surface area contributed by atoms with Crippen LogP contribution in [-0.4, -0.2) is 25.7 Å². The van der Waals surface area contributed by atoms with Crippen molar-refractivity contribution >= 4 is 28.8 Å². The molecule has 0 fully saturated rings. The molecule has 0 spiro atoms. The lowest BCUT2D eigenvalue weighted by Crippen LogP contribution is -2.00. The molecule has 14 heavy (non-hydrogen) atoms. The van der Waals surface area contributed by atoms with Crippen LogP contribution in [-0.2, 0) is 6.54 Å². The number of hydrogen-bond donors (Lipinski definition) is 1.